The van der Waals surface area contributed by atoms with Crippen LogP contribution in [-0.2, 0) is 20.9 Å². The van der Waals surface area contributed by atoms with Crippen molar-refractivity contribution in [2.75, 3.05) is 12.4 Å². The van der Waals surface area contributed by atoms with Crippen molar-refractivity contribution < 1.29 is 14.4 Å². The van der Waals surface area contributed by atoms with Crippen LogP contribution in [0, 0.1) is 5.92 Å². The summed E-state index contributed by atoms with van der Waals surface area (Å²) in [6.07, 6.45) is 0. The van der Waals surface area contributed by atoms with E-state index in [1.54, 1.807) is 18.9 Å². The maximum atomic E-state index is 13.8. The summed E-state index contributed by atoms with van der Waals surface area (Å²) < 4.78 is 0. The van der Waals surface area contributed by atoms with Crippen LogP contribution in [0.3, 0.4) is 0 Å². The predicted octanol–water partition coefficient (Wildman–Crippen LogP) is 3.61. The molecule has 0 saturated carbocycles. The molecule has 7 heteroatoms. The fraction of sp³-hybridized carbons (Fsp3) is 0.321. The molecule has 0 aliphatic carbocycles. The summed E-state index contributed by atoms with van der Waals surface area (Å²) in [5, 5.41) is 10.8. The number of carbonyl (C=O) groups is 3. The van der Waals surface area contributed by atoms with Crippen molar-refractivity contribution in [3.05, 3.63) is 77.9 Å². The Morgan fingerprint density at radius 3 is 2.34 bits per heavy atom. The van der Waals surface area contributed by atoms with E-state index in [0.29, 0.717) is 12.2 Å². The van der Waals surface area contributed by atoms with Gasteiger partial charge in [-0.05, 0) is 42.5 Å². The van der Waals surface area contributed by atoms with E-state index in [4.69, 9.17) is 0 Å². The average Bonchev–Trinajstić information content (AvgIpc) is 3.26. The molecule has 4 rings (SSSR count). The van der Waals surface area contributed by atoms with Crippen LogP contribution in [0.25, 0.3) is 10.8 Å². The molecule has 1 aliphatic rings. The first-order valence-corrected chi connectivity index (χ1v) is 12.0. The lowest BCUT2D eigenvalue weighted by Gasteiger charge is -2.31. The maximum absolute atomic E-state index is 13.8. The van der Waals surface area contributed by atoms with Gasteiger partial charge >= 0.3 is 0 Å². The Bertz CT molecular complexity index is 1250. The number of amides is 3. The van der Waals surface area contributed by atoms with E-state index < -0.39 is 18.1 Å². The van der Waals surface area contributed by atoms with E-state index in [1.807, 2.05) is 80.6 Å². The Labute approximate surface area is 205 Å². The molecule has 0 aromatic heterocycles. The summed E-state index contributed by atoms with van der Waals surface area (Å²) >= 11 is 0. The number of anilines is 1. The summed E-state index contributed by atoms with van der Waals surface area (Å²) in [5.41, 5.74) is 2.42. The van der Waals surface area contributed by atoms with Gasteiger partial charge in [0.25, 0.3) is 5.91 Å². The summed E-state index contributed by atoms with van der Waals surface area (Å²) in [4.78, 5) is 41.7. The van der Waals surface area contributed by atoms with E-state index in [2.05, 4.69) is 16.0 Å². The molecule has 3 N–H and O–H groups in total. The zero-order chi connectivity index (χ0) is 25.1. The highest BCUT2D eigenvalue weighted by Crippen LogP contribution is 2.36. The van der Waals surface area contributed by atoms with Gasteiger partial charge in [-0.25, -0.2) is 0 Å². The van der Waals surface area contributed by atoms with Crippen LogP contribution in [0.5, 0.6) is 0 Å². The number of hydrogen-bond donors (Lipinski definition) is 3. The van der Waals surface area contributed by atoms with Gasteiger partial charge in [-0.15, -0.1) is 0 Å². The molecule has 0 bridgehead atoms. The molecule has 0 fully saturated rings. The van der Waals surface area contributed by atoms with Gasteiger partial charge in [-0.2, -0.15) is 0 Å². The first-order valence-electron chi connectivity index (χ1n) is 12.0. The molecule has 0 radical (unpaired) electrons. The molecule has 1 aliphatic heterocycles. The second kappa shape index (κ2) is 10.3. The number of nitrogens with one attached hydrogen (secondary N) is 3. The van der Waals surface area contributed by atoms with Crippen molar-refractivity contribution in [2.24, 2.45) is 5.92 Å². The molecular formula is C28H32N4O3. The molecule has 7 nitrogen and oxygen atoms in total. The molecular weight excluding hydrogens is 440 g/mol. The second-order valence-electron chi connectivity index (χ2n) is 9.32. The molecule has 0 unspecified atom stereocenters. The topological polar surface area (TPSA) is 90.5 Å². The minimum Gasteiger partial charge on any atom is -0.343 e. The van der Waals surface area contributed by atoms with Crippen LogP contribution in [0.2, 0.25) is 0 Å². The Kier molecular flexibility index (Phi) is 7.17. The van der Waals surface area contributed by atoms with Crippen molar-refractivity contribution in [1.82, 2.24) is 15.5 Å². The number of carbonyl (C=O) groups excluding carboxylic acids is 3. The molecule has 182 valence electrons. The highest BCUT2D eigenvalue weighted by Gasteiger charge is 2.42. The van der Waals surface area contributed by atoms with E-state index >= 15 is 0 Å². The zero-order valence-corrected chi connectivity index (χ0v) is 20.5. The number of benzene rings is 3. The van der Waals surface area contributed by atoms with E-state index in [-0.39, 0.29) is 23.6 Å². The normalized spacial score (nSPS) is 16.6. The van der Waals surface area contributed by atoms with Gasteiger partial charge in [0, 0.05) is 17.6 Å². The average molecular weight is 473 g/mol. The molecule has 0 saturated heterocycles. The van der Waals surface area contributed by atoms with Crippen molar-refractivity contribution in [3.63, 3.8) is 0 Å². The minimum absolute atomic E-state index is 0.152. The number of hydrogen-bond acceptors (Lipinski definition) is 4. The molecule has 3 atom stereocenters. The zero-order valence-electron chi connectivity index (χ0n) is 20.5. The highest BCUT2D eigenvalue weighted by molar-refractivity contribution is 6.05. The van der Waals surface area contributed by atoms with Crippen LogP contribution in [-0.4, -0.2) is 41.8 Å². The summed E-state index contributed by atoms with van der Waals surface area (Å²) in [6, 6.07) is 19.2. The van der Waals surface area contributed by atoms with Crippen molar-refractivity contribution in [1.29, 1.82) is 0 Å². The lowest BCUT2D eigenvalue weighted by atomic mass is 10.0. The Morgan fingerprint density at radius 1 is 0.914 bits per heavy atom. The molecule has 3 aromatic rings. The van der Waals surface area contributed by atoms with Crippen molar-refractivity contribution >= 4 is 34.2 Å². The largest absolute Gasteiger partial charge is 0.343 e. The highest BCUT2D eigenvalue weighted by atomic mass is 16.2. The SMILES string of the molecule is CN[C@@H](C)C(=O)N[C@H](C(=O)N1Cc2ccccc2[C@H]1C(=O)Nc1cccc2ccccc12)C(C)C. The summed E-state index contributed by atoms with van der Waals surface area (Å²) in [7, 11) is 1.70. The van der Waals surface area contributed by atoms with Crippen LogP contribution in [0.15, 0.2) is 66.7 Å². The predicted molar refractivity (Wildman–Crippen MR) is 138 cm³/mol. The fourth-order valence-corrected chi connectivity index (χ4v) is 4.51. The lowest BCUT2D eigenvalue weighted by Crippen LogP contribution is -2.55. The van der Waals surface area contributed by atoms with E-state index in [0.717, 1.165) is 21.9 Å². The summed E-state index contributed by atoms with van der Waals surface area (Å²) in [6.45, 7) is 5.83. The van der Waals surface area contributed by atoms with E-state index in [9.17, 15) is 14.4 Å². The van der Waals surface area contributed by atoms with Crippen LogP contribution < -0.4 is 16.0 Å². The second-order valence-corrected chi connectivity index (χ2v) is 9.32. The lowest BCUT2D eigenvalue weighted by molar-refractivity contribution is -0.143. The van der Waals surface area contributed by atoms with Gasteiger partial charge in [0.1, 0.15) is 12.1 Å². The van der Waals surface area contributed by atoms with Crippen molar-refractivity contribution in [3.8, 4) is 0 Å². The standard InChI is InChI=1S/C28H32N4O3/c1-17(2)24(31-26(33)18(3)29-4)28(35)32-16-20-11-6-8-14-22(20)25(32)27(34)30-23-15-9-12-19-10-5-7-13-21(19)23/h5-15,17-18,24-25,29H,16H2,1-4H3,(H,30,34)(H,31,33)/t18-,24-,25-/m0/s1. The van der Waals surface area contributed by atoms with Gasteiger partial charge in [0.05, 0.1) is 6.04 Å². The third-order valence-electron chi connectivity index (χ3n) is 6.64. The molecule has 0 spiro atoms. The first-order chi connectivity index (χ1) is 16.8. The Hall–Kier alpha value is -3.71. The number of nitrogens with zero attached hydrogens (tertiary/aromatic N) is 1. The van der Waals surface area contributed by atoms with Gasteiger partial charge in [-0.3, -0.25) is 14.4 Å². The first kappa shape index (κ1) is 24.4. The fourth-order valence-electron chi connectivity index (χ4n) is 4.51. The third-order valence-corrected chi connectivity index (χ3v) is 6.64. The molecule has 35 heavy (non-hydrogen) atoms. The van der Waals surface area contributed by atoms with Crippen molar-refractivity contribution in [2.45, 2.75) is 45.4 Å². The number of fused-ring (bicyclic) bond motifs is 2. The van der Waals surface area contributed by atoms with Gasteiger partial charge in [0.15, 0.2) is 0 Å². The molecule has 3 aromatic carbocycles. The van der Waals surface area contributed by atoms with E-state index in [1.165, 1.54) is 0 Å². The quantitative estimate of drug-likeness (QED) is 0.490. The third kappa shape index (κ3) is 4.91. The number of rotatable bonds is 7. The maximum Gasteiger partial charge on any atom is 0.251 e. The Balaban J connectivity index is 1.65. The Morgan fingerprint density at radius 2 is 1.60 bits per heavy atom. The van der Waals surface area contributed by atoms with Gasteiger partial charge in [0.2, 0.25) is 11.8 Å². The smallest absolute Gasteiger partial charge is 0.251 e. The van der Waals surface area contributed by atoms with Gasteiger partial charge < -0.3 is 20.9 Å². The molecule has 1 heterocycles. The molecule has 3 amide bonds. The minimum atomic E-state index is -0.794. The van der Waals surface area contributed by atoms with Crippen LogP contribution in [0.4, 0.5) is 5.69 Å². The number of likely N-dealkylation sites (N-methyl/N-ethyl adjacent to an activating group) is 1. The van der Waals surface area contributed by atoms with Gasteiger partial charge in [-0.1, -0.05) is 74.5 Å². The van der Waals surface area contributed by atoms with Crippen LogP contribution in [0.1, 0.15) is 37.9 Å². The van der Waals surface area contributed by atoms with Crippen LogP contribution >= 0.6 is 0 Å². The monoisotopic (exact) mass is 472 g/mol. The summed E-state index contributed by atoms with van der Waals surface area (Å²) in [5.74, 6) is -0.961.